The second-order valence-corrected chi connectivity index (χ2v) is 8.11. The van der Waals surface area contributed by atoms with Crippen molar-refractivity contribution in [3.8, 4) is 10.6 Å². The van der Waals surface area contributed by atoms with Crippen molar-refractivity contribution in [1.29, 1.82) is 0 Å². The topological polar surface area (TPSA) is 74.8 Å². The molecule has 1 aromatic carbocycles. The highest BCUT2D eigenvalue weighted by Crippen LogP contribution is 2.30. The van der Waals surface area contributed by atoms with Gasteiger partial charge in [0.25, 0.3) is 10.0 Å². The molecular formula is C13H10BrN3O2S2. The summed E-state index contributed by atoms with van der Waals surface area (Å²) in [6.45, 7) is 0. The molecular weight excluding hydrogens is 374 g/mol. The third-order valence-corrected chi connectivity index (χ3v) is 6.17. The summed E-state index contributed by atoms with van der Waals surface area (Å²) in [4.78, 5) is 0.821. The third kappa shape index (κ3) is 3.17. The summed E-state index contributed by atoms with van der Waals surface area (Å²) < 4.78 is 28.3. The summed E-state index contributed by atoms with van der Waals surface area (Å²) in [6.07, 6.45) is 1.63. The van der Waals surface area contributed by atoms with Crippen molar-refractivity contribution in [3.63, 3.8) is 0 Å². The summed E-state index contributed by atoms with van der Waals surface area (Å²) in [5.41, 5.74) is 1.31. The fraction of sp³-hybridized carbons (Fsp3) is 0. The second-order valence-electron chi connectivity index (χ2n) is 4.20. The van der Waals surface area contributed by atoms with E-state index in [4.69, 9.17) is 0 Å². The maximum absolute atomic E-state index is 12.4. The zero-order valence-corrected chi connectivity index (χ0v) is 13.8. The molecule has 0 aliphatic rings. The van der Waals surface area contributed by atoms with E-state index in [9.17, 15) is 8.42 Å². The largest absolute Gasteiger partial charge is 0.279 e. The van der Waals surface area contributed by atoms with Gasteiger partial charge in [0.2, 0.25) is 0 Å². The molecule has 8 heteroatoms. The highest BCUT2D eigenvalue weighted by atomic mass is 79.9. The van der Waals surface area contributed by atoms with E-state index in [1.165, 1.54) is 11.3 Å². The van der Waals surface area contributed by atoms with Crippen LogP contribution in [0.1, 0.15) is 0 Å². The molecule has 0 fully saturated rings. The number of thiophene rings is 1. The van der Waals surface area contributed by atoms with Crippen LogP contribution in [0.3, 0.4) is 0 Å². The van der Waals surface area contributed by atoms with Crippen LogP contribution in [0.2, 0.25) is 0 Å². The molecule has 0 radical (unpaired) electrons. The Kier molecular flexibility index (Phi) is 3.83. The molecule has 0 amide bonds. The minimum atomic E-state index is -3.59. The molecule has 0 atom stereocenters. The zero-order chi connectivity index (χ0) is 14.9. The molecule has 2 N–H and O–H groups in total. The Hall–Kier alpha value is -1.64. The van der Waals surface area contributed by atoms with Gasteiger partial charge in [0.05, 0.1) is 10.6 Å². The number of nitrogens with zero attached hydrogens (tertiary/aromatic N) is 1. The molecule has 0 saturated heterocycles. The minimum absolute atomic E-state index is 0.257. The number of halogens is 1. The van der Waals surface area contributed by atoms with Crippen LogP contribution < -0.4 is 4.72 Å². The zero-order valence-electron chi connectivity index (χ0n) is 10.6. The first-order chi connectivity index (χ1) is 10.0. The maximum atomic E-state index is 12.4. The van der Waals surface area contributed by atoms with Crippen molar-refractivity contribution in [1.82, 2.24) is 10.2 Å². The van der Waals surface area contributed by atoms with E-state index in [1.54, 1.807) is 42.6 Å². The Balaban J connectivity index is 1.89. The number of anilines is 1. The monoisotopic (exact) mass is 383 g/mol. The SMILES string of the molecule is O=S(=O)(Nc1cccc(Br)c1)c1ccc(-c2ccn[nH]2)s1. The van der Waals surface area contributed by atoms with Crippen LogP contribution in [0.25, 0.3) is 10.6 Å². The van der Waals surface area contributed by atoms with Gasteiger partial charge in [-0.3, -0.25) is 9.82 Å². The fourth-order valence-corrected chi connectivity index (χ4v) is 4.49. The number of benzene rings is 1. The molecule has 2 aromatic heterocycles. The molecule has 0 aliphatic carbocycles. The van der Waals surface area contributed by atoms with Crippen molar-refractivity contribution >= 4 is 43.0 Å². The molecule has 3 rings (SSSR count). The summed E-state index contributed by atoms with van der Waals surface area (Å²) in [6, 6.07) is 12.1. The van der Waals surface area contributed by atoms with Crippen LogP contribution in [0, 0.1) is 0 Å². The lowest BCUT2D eigenvalue weighted by Gasteiger charge is -2.06. The van der Waals surface area contributed by atoms with Gasteiger partial charge in [0.1, 0.15) is 4.21 Å². The lowest BCUT2D eigenvalue weighted by Crippen LogP contribution is -2.11. The molecule has 0 aliphatic heterocycles. The van der Waals surface area contributed by atoms with E-state index < -0.39 is 10.0 Å². The van der Waals surface area contributed by atoms with Gasteiger partial charge in [0.15, 0.2) is 0 Å². The van der Waals surface area contributed by atoms with Gasteiger partial charge in [-0.15, -0.1) is 11.3 Å². The van der Waals surface area contributed by atoms with E-state index in [1.807, 2.05) is 6.07 Å². The first-order valence-electron chi connectivity index (χ1n) is 5.92. The summed E-state index contributed by atoms with van der Waals surface area (Å²) in [7, 11) is -3.59. The number of rotatable bonds is 4. The lowest BCUT2D eigenvalue weighted by atomic mass is 10.3. The number of sulfonamides is 1. The molecule has 0 saturated carbocycles. The summed E-state index contributed by atoms with van der Waals surface area (Å²) >= 11 is 4.50. The van der Waals surface area contributed by atoms with E-state index in [-0.39, 0.29) is 4.21 Å². The van der Waals surface area contributed by atoms with Crippen molar-refractivity contribution in [2.45, 2.75) is 4.21 Å². The first kappa shape index (κ1) is 14.3. The quantitative estimate of drug-likeness (QED) is 0.720. The van der Waals surface area contributed by atoms with E-state index in [2.05, 4.69) is 30.8 Å². The van der Waals surface area contributed by atoms with Crippen molar-refractivity contribution in [2.24, 2.45) is 0 Å². The normalized spacial score (nSPS) is 11.5. The second kappa shape index (κ2) is 5.63. The Labute approximate surface area is 134 Å². The number of aromatic amines is 1. The molecule has 0 spiro atoms. The Morgan fingerprint density at radius 1 is 1.19 bits per heavy atom. The van der Waals surface area contributed by atoms with E-state index in [0.29, 0.717) is 5.69 Å². The van der Waals surface area contributed by atoms with Crippen LogP contribution in [0.4, 0.5) is 5.69 Å². The fourth-order valence-electron chi connectivity index (χ4n) is 1.76. The lowest BCUT2D eigenvalue weighted by molar-refractivity contribution is 0.603. The van der Waals surface area contributed by atoms with Crippen molar-refractivity contribution < 1.29 is 8.42 Å². The predicted molar refractivity (Wildman–Crippen MR) is 86.9 cm³/mol. The van der Waals surface area contributed by atoms with Gasteiger partial charge in [-0.1, -0.05) is 22.0 Å². The molecule has 108 valence electrons. The number of nitrogens with one attached hydrogen (secondary N) is 2. The number of hydrogen-bond donors (Lipinski definition) is 2. The molecule has 0 bridgehead atoms. The van der Waals surface area contributed by atoms with Crippen LogP contribution in [-0.4, -0.2) is 18.6 Å². The summed E-state index contributed by atoms with van der Waals surface area (Å²) in [5, 5.41) is 6.67. The first-order valence-corrected chi connectivity index (χ1v) is 9.02. The predicted octanol–water partition coefficient (Wildman–Crippen LogP) is 3.70. The van der Waals surface area contributed by atoms with Crippen molar-refractivity contribution in [3.05, 3.63) is 53.1 Å². The average molecular weight is 384 g/mol. The van der Waals surface area contributed by atoms with E-state index >= 15 is 0 Å². The Bertz CT molecular complexity index is 857. The van der Waals surface area contributed by atoms with Crippen molar-refractivity contribution in [2.75, 3.05) is 4.72 Å². The molecule has 2 heterocycles. The van der Waals surface area contributed by atoms with Crippen LogP contribution >= 0.6 is 27.3 Å². The van der Waals surface area contributed by atoms with Gasteiger partial charge in [-0.25, -0.2) is 8.42 Å². The highest BCUT2D eigenvalue weighted by Gasteiger charge is 2.18. The number of aromatic nitrogens is 2. The minimum Gasteiger partial charge on any atom is -0.279 e. The van der Waals surface area contributed by atoms with Gasteiger partial charge in [-0.05, 0) is 36.4 Å². The molecule has 0 unspecified atom stereocenters. The number of H-pyrrole nitrogens is 1. The average Bonchev–Trinajstić information content (AvgIpc) is 3.10. The molecule has 21 heavy (non-hydrogen) atoms. The maximum Gasteiger partial charge on any atom is 0.271 e. The highest BCUT2D eigenvalue weighted by molar-refractivity contribution is 9.10. The van der Waals surface area contributed by atoms with Crippen LogP contribution in [-0.2, 0) is 10.0 Å². The summed E-state index contributed by atoms with van der Waals surface area (Å²) in [5.74, 6) is 0. The van der Waals surface area contributed by atoms with Gasteiger partial charge in [-0.2, -0.15) is 5.10 Å². The third-order valence-electron chi connectivity index (χ3n) is 2.69. The smallest absolute Gasteiger partial charge is 0.271 e. The van der Waals surface area contributed by atoms with Gasteiger partial charge < -0.3 is 0 Å². The number of hydrogen-bond acceptors (Lipinski definition) is 4. The van der Waals surface area contributed by atoms with Crippen LogP contribution in [0.5, 0.6) is 0 Å². The van der Waals surface area contributed by atoms with E-state index in [0.717, 1.165) is 15.0 Å². The molecule has 3 aromatic rings. The van der Waals surface area contributed by atoms with Gasteiger partial charge >= 0.3 is 0 Å². The Morgan fingerprint density at radius 2 is 2.05 bits per heavy atom. The van der Waals surface area contributed by atoms with Crippen LogP contribution in [0.15, 0.2) is 57.3 Å². The molecule has 5 nitrogen and oxygen atoms in total. The standard InChI is InChI=1S/C13H10BrN3O2S2/c14-9-2-1-3-10(8-9)17-21(18,19)13-5-4-12(20-13)11-6-7-15-16-11/h1-8,17H,(H,15,16). The van der Waals surface area contributed by atoms with Gasteiger partial charge in [0, 0.05) is 16.4 Å². The Morgan fingerprint density at radius 3 is 2.76 bits per heavy atom.